The van der Waals surface area contributed by atoms with Crippen LogP contribution < -0.4 is 0 Å². The number of rotatable bonds is 3. The average Bonchev–Trinajstić information content (AvgIpc) is 3.28. The fourth-order valence-electron chi connectivity index (χ4n) is 2.81. The number of fused-ring (bicyclic) bond motifs is 1. The van der Waals surface area contributed by atoms with Gasteiger partial charge in [0.05, 0.1) is 12.1 Å². The minimum Gasteiger partial charge on any atom is -0.343 e. The molecule has 0 aliphatic carbocycles. The van der Waals surface area contributed by atoms with Gasteiger partial charge < -0.3 is 4.57 Å². The summed E-state index contributed by atoms with van der Waals surface area (Å²) in [4.78, 5) is 16.0. The van der Waals surface area contributed by atoms with Crippen molar-refractivity contribution in [3.63, 3.8) is 0 Å². The summed E-state index contributed by atoms with van der Waals surface area (Å²) in [6, 6.07) is 8.51. The Morgan fingerprint density at radius 2 is 1.87 bits per heavy atom. The van der Waals surface area contributed by atoms with Crippen molar-refractivity contribution < 1.29 is 18.0 Å². The Morgan fingerprint density at radius 1 is 1.17 bits per heavy atom. The number of nitrogens with zero attached hydrogens (tertiary/aromatic N) is 4. The van der Waals surface area contributed by atoms with E-state index in [-0.39, 0.29) is 29.0 Å². The Morgan fingerprint density at radius 3 is 2.53 bits per heavy atom. The summed E-state index contributed by atoms with van der Waals surface area (Å²) in [5, 5.41) is 11.7. The van der Waals surface area contributed by atoms with Crippen LogP contribution in [0.5, 0.6) is 0 Å². The lowest BCUT2D eigenvalue weighted by atomic mass is 10.1. The monoisotopic (exact) mass is 471 g/mol. The Kier molecular flexibility index (Phi) is 5.25. The Bertz CT molecular complexity index is 1150. The number of carbonyl (C=O) groups is 1. The molecule has 0 saturated heterocycles. The lowest BCUT2D eigenvalue weighted by molar-refractivity contribution is -0.114. The van der Waals surface area contributed by atoms with Crippen molar-refractivity contribution in [2.45, 2.75) is 12.7 Å². The molecule has 0 saturated carbocycles. The predicted octanol–water partition coefficient (Wildman–Crippen LogP) is 5.02. The predicted molar refractivity (Wildman–Crippen MR) is 111 cm³/mol. The van der Waals surface area contributed by atoms with E-state index in [2.05, 4.69) is 10.1 Å². The zero-order valence-electron chi connectivity index (χ0n) is 14.7. The van der Waals surface area contributed by atoms with Gasteiger partial charge in [-0.3, -0.25) is 10.2 Å². The highest BCUT2D eigenvalue weighted by Gasteiger charge is 2.46. The Labute approximate surface area is 182 Å². The second-order valence-corrected chi connectivity index (χ2v) is 7.95. The first-order valence-corrected chi connectivity index (χ1v) is 9.88. The number of benzene rings is 1. The number of hydrazone groups is 1. The third kappa shape index (κ3) is 3.78. The third-order valence-corrected chi connectivity index (χ3v) is 5.91. The quantitative estimate of drug-likeness (QED) is 0.638. The summed E-state index contributed by atoms with van der Waals surface area (Å²) < 4.78 is 40.5. The van der Waals surface area contributed by atoms with Gasteiger partial charge in [0.2, 0.25) is 10.2 Å². The van der Waals surface area contributed by atoms with Crippen molar-refractivity contribution >= 4 is 63.0 Å². The zero-order valence-corrected chi connectivity index (χ0v) is 17.1. The van der Waals surface area contributed by atoms with E-state index in [4.69, 9.17) is 28.6 Å². The number of halogens is 5. The molecule has 154 valence electrons. The molecule has 0 radical (unpaired) electrons. The first kappa shape index (κ1) is 20.7. The molecule has 1 N–H and O–H groups in total. The molecule has 2 aliphatic heterocycles. The number of hydrogen-bond donors (Lipinski definition) is 1. The van der Waals surface area contributed by atoms with Crippen molar-refractivity contribution in [1.29, 1.82) is 5.41 Å². The van der Waals surface area contributed by atoms with Crippen LogP contribution in [0.2, 0.25) is 10.0 Å². The second-order valence-electron chi connectivity index (χ2n) is 6.18. The Balaban J connectivity index is 1.67. The van der Waals surface area contributed by atoms with Crippen LogP contribution in [0.3, 0.4) is 0 Å². The number of alkyl halides is 3. The number of aliphatic imine (C=N–C) groups is 1. The summed E-state index contributed by atoms with van der Waals surface area (Å²) in [7, 11) is 0. The number of nitrogens with one attached hydrogen (secondary N) is 1. The van der Waals surface area contributed by atoms with E-state index in [0.29, 0.717) is 26.3 Å². The lowest BCUT2D eigenvalue weighted by Crippen LogP contribution is -2.35. The van der Waals surface area contributed by atoms with E-state index < -0.39 is 23.0 Å². The molecule has 3 heterocycles. The van der Waals surface area contributed by atoms with Gasteiger partial charge in [0.1, 0.15) is 0 Å². The molecule has 2 aromatic rings. The maximum absolute atomic E-state index is 12.9. The summed E-state index contributed by atoms with van der Waals surface area (Å²) in [5.41, 5.74) is 0.999. The highest BCUT2D eigenvalue weighted by molar-refractivity contribution is 8.27. The highest BCUT2D eigenvalue weighted by atomic mass is 35.5. The first-order valence-electron chi connectivity index (χ1n) is 8.30. The van der Waals surface area contributed by atoms with Crippen LogP contribution in [0.1, 0.15) is 11.3 Å². The van der Waals surface area contributed by atoms with E-state index >= 15 is 0 Å². The average molecular weight is 472 g/mol. The van der Waals surface area contributed by atoms with Crippen LogP contribution in [0.4, 0.5) is 13.2 Å². The molecule has 1 aromatic heterocycles. The molecular weight excluding hydrogens is 462 g/mol. The maximum Gasteiger partial charge on any atom is 0.441 e. The first-order chi connectivity index (χ1) is 14.1. The largest absolute Gasteiger partial charge is 0.441 e. The van der Waals surface area contributed by atoms with Gasteiger partial charge in [-0.1, -0.05) is 29.3 Å². The summed E-state index contributed by atoms with van der Waals surface area (Å²) in [5.74, 6) is -1.30. The van der Waals surface area contributed by atoms with E-state index in [1.807, 2.05) is 0 Å². The van der Waals surface area contributed by atoms with Crippen molar-refractivity contribution in [3.8, 4) is 0 Å². The lowest BCUT2D eigenvalue weighted by Gasteiger charge is -2.20. The van der Waals surface area contributed by atoms with Gasteiger partial charge >= 0.3 is 6.18 Å². The molecule has 12 heteroatoms. The number of amides is 1. The van der Waals surface area contributed by atoms with Crippen molar-refractivity contribution in [3.05, 3.63) is 63.4 Å². The number of aromatic nitrogens is 1. The molecular formula is C18H10Cl2F3N5OS. The van der Waals surface area contributed by atoms with Crippen LogP contribution in [-0.2, 0) is 11.3 Å². The minimum absolute atomic E-state index is 0.184. The molecule has 1 amide bonds. The third-order valence-electron chi connectivity index (χ3n) is 4.24. The van der Waals surface area contributed by atoms with Gasteiger partial charge in [0, 0.05) is 27.5 Å². The molecule has 30 heavy (non-hydrogen) atoms. The molecule has 0 unspecified atom stereocenters. The van der Waals surface area contributed by atoms with Crippen LogP contribution in [-0.4, -0.2) is 37.7 Å². The maximum atomic E-state index is 12.9. The van der Waals surface area contributed by atoms with Gasteiger partial charge in [-0.05, 0) is 42.1 Å². The number of amidine groups is 2. The smallest absolute Gasteiger partial charge is 0.343 e. The van der Waals surface area contributed by atoms with Gasteiger partial charge in [-0.15, -0.1) is 0 Å². The van der Waals surface area contributed by atoms with Crippen molar-refractivity contribution in [1.82, 2.24) is 9.58 Å². The second kappa shape index (κ2) is 7.60. The Hall–Kier alpha value is -2.56. The van der Waals surface area contributed by atoms with Gasteiger partial charge in [-0.25, -0.2) is 0 Å². The summed E-state index contributed by atoms with van der Waals surface area (Å²) >= 11 is 12.6. The molecule has 0 bridgehead atoms. The standard InChI is InChI=1S/C18H10Cl2F3N5OS/c19-12-4-1-5-13(20)11(12)8-27-6-2-3-9(27)7-10-14(24)28-17(25-15(10)29)30-16(26-28)18(21,22)23/h1-7,24H,8H2/b10-7-,24-14?. The van der Waals surface area contributed by atoms with Crippen LogP contribution in [0.15, 0.2) is 52.2 Å². The number of carbonyl (C=O) groups excluding carboxylic acids is 1. The zero-order chi connectivity index (χ0) is 21.6. The van der Waals surface area contributed by atoms with Gasteiger partial charge in [0.25, 0.3) is 5.91 Å². The normalized spacial score (nSPS) is 18.0. The molecule has 0 atom stereocenters. The highest BCUT2D eigenvalue weighted by Crippen LogP contribution is 2.35. The molecule has 1 aromatic carbocycles. The number of thioether (sulfide) groups is 1. The fourth-order valence-corrected chi connectivity index (χ4v) is 4.09. The topological polar surface area (TPSA) is 73.8 Å². The molecule has 0 spiro atoms. The summed E-state index contributed by atoms with van der Waals surface area (Å²) in [6.07, 6.45) is -1.59. The van der Waals surface area contributed by atoms with Gasteiger partial charge in [0.15, 0.2) is 5.84 Å². The van der Waals surface area contributed by atoms with Crippen LogP contribution in [0.25, 0.3) is 6.08 Å². The SMILES string of the molecule is N=C1/C(=C/c2cccn2Cc2c(Cl)cccc2Cl)C(=O)N=C2SC(C(F)(F)F)=NN12. The van der Waals surface area contributed by atoms with E-state index in [1.54, 1.807) is 41.1 Å². The van der Waals surface area contributed by atoms with Crippen LogP contribution in [0, 0.1) is 5.41 Å². The van der Waals surface area contributed by atoms with E-state index in [0.717, 1.165) is 0 Å². The molecule has 0 fully saturated rings. The fraction of sp³-hybridized carbons (Fsp3) is 0.111. The summed E-state index contributed by atoms with van der Waals surface area (Å²) in [6.45, 7) is 0.288. The van der Waals surface area contributed by atoms with Crippen LogP contribution >= 0.6 is 35.0 Å². The molecule has 6 nitrogen and oxygen atoms in total. The molecule has 4 rings (SSSR count). The van der Waals surface area contributed by atoms with Gasteiger partial charge in [-0.2, -0.15) is 28.3 Å². The van der Waals surface area contributed by atoms with E-state index in [9.17, 15) is 18.0 Å². The van der Waals surface area contributed by atoms with E-state index in [1.165, 1.54) is 6.08 Å². The number of hydrogen-bond acceptors (Lipinski definition) is 4. The van der Waals surface area contributed by atoms with Crippen molar-refractivity contribution in [2.24, 2.45) is 10.1 Å². The molecule has 2 aliphatic rings. The minimum atomic E-state index is -4.69. The van der Waals surface area contributed by atoms with Crippen molar-refractivity contribution in [2.75, 3.05) is 0 Å².